The van der Waals surface area contributed by atoms with Crippen LogP contribution in [0.4, 0.5) is 0 Å². The smallest absolute Gasteiger partial charge is 0.153 e. The third-order valence-electron chi connectivity index (χ3n) is 2.69. The molecule has 0 bridgehead atoms. The number of hydrogen-bond acceptors (Lipinski definition) is 4. The van der Waals surface area contributed by atoms with Crippen molar-refractivity contribution in [2.24, 2.45) is 0 Å². The predicted molar refractivity (Wildman–Crippen MR) is 67.1 cm³/mol. The maximum absolute atomic E-state index is 10.8. The Hall–Kier alpha value is -2.49. The molecule has 0 saturated heterocycles. The van der Waals surface area contributed by atoms with Crippen LogP contribution in [0.3, 0.4) is 0 Å². The summed E-state index contributed by atoms with van der Waals surface area (Å²) in [4.78, 5) is 10.8. The fraction of sp³-hybridized carbons (Fsp3) is 0.0714. The van der Waals surface area contributed by atoms with E-state index >= 15 is 0 Å². The van der Waals surface area contributed by atoms with Crippen molar-refractivity contribution < 1.29 is 19.7 Å². The highest BCUT2D eigenvalue weighted by atomic mass is 16.5. The number of rotatable bonds is 3. The third kappa shape index (κ3) is 2.00. The molecule has 0 radical (unpaired) electrons. The summed E-state index contributed by atoms with van der Waals surface area (Å²) in [7, 11) is 1.50. The summed E-state index contributed by atoms with van der Waals surface area (Å²) in [6.45, 7) is 0. The second-order valence-electron chi connectivity index (χ2n) is 3.74. The molecule has 0 fully saturated rings. The first kappa shape index (κ1) is 12.0. The van der Waals surface area contributed by atoms with Crippen molar-refractivity contribution in [3.63, 3.8) is 0 Å². The second-order valence-corrected chi connectivity index (χ2v) is 3.74. The van der Waals surface area contributed by atoms with Gasteiger partial charge in [0.05, 0.1) is 12.7 Å². The lowest BCUT2D eigenvalue weighted by molar-refractivity contribution is 0.112. The van der Waals surface area contributed by atoms with Crippen LogP contribution in [-0.4, -0.2) is 23.6 Å². The van der Waals surface area contributed by atoms with Gasteiger partial charge in [0, 0.05) is 17.2 Å². The molecule has 0 spiro atoms. The molecule has 92 valence electrons. The monoisotopic (exact) mass is 244 g/mol. The van der Waals surface area contributed by atoms with E-state index in [9.17, 15) is 15.0 Å². The van der Waals surface area contributed by atoms with Gasteiger partial charge in [0.1, 0.15) is 17.2 Å². The Balaban J connectivity index is 2.58. The molecule has 0 saturated carbocycles. The Morgan fingerprint density at radius 1 is 1.11 bits per heavy atom. The highest BCUT2D eigenvalue weighted by Gasteiger charge is 2.12. The van der Waals surface area contributed by atoms with Crippen LogP contribution in [0.2, 0.25) is 0 Å². The molecular formula is C14H12O4. The first-order valence-corrected chi connectivity index (χ1v) is 5.32. The Morgan fingerprint density at radius 3 is 2.50 bits per heavy atom. The van der Waals surface area contributed by atoms with Gasteiger partial charge < -0.3 is 14.9 Å². The number of carbonyl (C=O) groups excluding carboxylic acids is 1. The molecule has 2 aromatic carbocycles. The number of carbonyl (C=O) groups is 1. The summed E-state index contributed by atoms with van der Waals surface area (Å²) in [5.74, 6) is 0.350. The van der Waals surface area contributed by atoms with E-state index in [0.717, 1.165) is 0 Å². The Morgan fingerprint density at radius 2 is 1.89 bits per heavy atom. The van der Waals surface area contributed by atoms with Crippen LogP contribution in [0.15, 0.2) is 36.4 Å². The SMILES string of the molecule is COc1ccc(-c2cccc(C=O)c2O)c(O)c1. The van der Waals surface area contributed by atoms with Crippen LogP contribution in [-0.2, 0) is 0 Å². The fourth-order valence-corrected chi connectivity index (χ4v) is 1.74. The molecule has 0 aliphatic carbocycles. The van der Waals surface area contributed by atoms with Gasteiger partial charge in [0.15, 0.2) is 6.29 Å². The summed E-state index contributed by atoms with van der Waals surface area (Å²) in [5, 5.41) is 19.8. The number of para-hydroxylation sites is 1. The zero-order valence-electron chi connectivity index (χ0n) is 9.75. The third-order valence-corrected chi connectivity index (χ3v) is 2.69. The highest BCUT2D eigenvalue weighted by molar-refractivity contribution is 5.87. The van der Waals surface area contributed by atoms with Crippen LogP contribution in [0.1, 0.15) is 10.4 Å². The van der Waals surface area contributed by atoms with E-state index in [-0.39, 0.29) is 17.1 Å². The quantitative estimate of drug-likeness (QED) is 0.814. The van der Waals surface area contributed by atoms with Crippen LogP contribution < -0.4 is 4.74 Å². The van der Waals surface area contributed by atoms with Crippen LogP contribution in [0, 0.1) is 0 Å². The molecule has 0 atom stereocenters. The molecule has 0 aliphatic heterocycles. The minimum absolute atomic E-state index is 0.0206. The molecule has 4 heteroatoms. The summed E-state index contributed by atoms with van der Waals surface area (Å²) in [6.07, 6.45) is 0.569. The lowest BCUT2D eigenvalue weighted by Gasteiger charge is -2.09. The van der Waals surface area contributed by atoms with Gasteiger partial charge in [-0.1, -0.05) is 12.1 Å². The van der Waals surface area contributed by atoms with Crippen molar-refractivity contribution in [1.82, 2.24) is 0 Å². The summed E-state index contributed by atoms with van der Waals surface area (Å²) in [6, 6.07) is 9.51. The first-order chi connectivity index (χ1) is 8.67. The zero-order valence-corrected chi connectivity index (χ0v) is 9.75. The van der Waals surface area contributed by atoms with Gasteiger partial charge in [0.2, 0.25) is 0 Å². The maximum Gasteiger partial charge on any atom is 0.153 e. The number of ether oxygens (including phenoxy) is 1. The second kappa shape index (κ2) is 4.79. The number of phenolic OH excluding ortho intramolecular Hbond substituents is 2. The van der Waals surface area contributed by atoms with Gasteiger partial charge in [-0.2, -0.15) is 0 Å². The Labute approximate surface area is 104 Å². The summed E-state index contributed by atoms with van der Waals surface area (Å²) < 4.78 is 4.98. The van der Waals surface area contributed by atoms with Crippen molar-refractivity contribution in [1.29, 1.82) is 0 Å². The van der Waals surface area contributed by atoms with E-state index in [4.69, 9.17) is 4.74 Å². The van der Waals surface area contributed by atoms with Gasteiger partial charge in [-0.05, 0) is 18.2 Å². The van der Waals surface area contributed by atoms with E-state index in [1.54, 1.807) is 24.3 Å². The van der Waals surface area contributed by atoms with E-state index in [2.05, 4.69) is 0 Å². The lowest BCUT2D eigenvalue weighted by Crippen LogP contribution is -1.87. The number of benzene rings is 2. The van der Waals surface area contributed by atoms with Gasteiger partial charge in [-0.25, -0.2) is 0 Å². The first-order valence-electron chi connectivity index (χ1n) is 5.32. The minimum Gasteiger partial charge on any atom is -0.507 e. The molecule has 4 nitrogen and oxygen atoms in total. The number of hydrogen-bond donors (Lipinski definition) is 2. The minimum atomic E-state index is -0.145. The Bertz CT molecular complexity index is 590. The maximum atomic E-state index is 10.8. The van der Waals surface area contributed by atoms with Crippen molar-refractivity contribution in [3.05, 3.63) is 42.0 Å². The number of methoxy groups -OCH3 is 1. The van der Waals surface area contributed by atoms with Gasteiger partial charge in [-0.15, -0.1) is 0 Å². The number of aldehydes is 1. The molecule has 18 heavy (non-hydrogen) atoms. The normalized spacial score (nSPS) is 10.1. The Kier molecular flexibility index (Phi) is 3.19. The lowest BCUT2D eigenvalue weighted by atomic mass is 10.0. The van der Waals surface area contributed by atoms with Crippen LogP contribution >= 0.6 is 0 Å². The zero-order chi connectivity index (χ0) is 13.1. The van der Waals surface area contributed by atoms with Crippen LogP contribution in [0.25, 0.3) is 11.1 Å². The van der Waals surface area contributed by atoms with Gasteiger partial charge in [-0.3, -0.25) is 4.79 Å². The fourth-order valence-electron chi connectivity index (χ4n) is 1.74. The van der Waals surface area contributed by atoms with Crippen molar-refractivity contribution in [2.75, 3.05) is 7.11 Å². The largest absolute Gasteiger partial charge is 0.507 e. The molecular weight excluding hydrogens is 232 g/mol. The summed E-state index contributed by atoms with van der Waals surface area (Å²) in [5.41, 5.74) is 1.03. The van der Waals surface area contributed by atoms with Gasteiger partial charge in [0.25, 0.3) is 0 Å². The highest BCUT2D eigenvalue weighted by Crippen LogP contribution is 2.38. The van der Waals surface area contributed by atoms with Crippen molar-refractivity contribution >= 4 is 6.29 Å². The number of phenols is 2. The molecule has 2 rings (SSSR count). The molecule has 2 N–H and O–H groups in total. The van der Waals surface area contributed by atoms with Gasteiger partial charge >= 0.3 is 0 Å². The summed E-state index contributed by atoms with van der Waals surface area (Å²) >= 11 is 0. The average molecular weight is 244 g/mol. The van der Waals surface area contributed by atoms with E-state index in [0.29, 0.717) is 23.2 Å². The average Bonchev–Trinajstić information content (AvgIpc) is 2.39. The van der Waals surface area contributed by atoms with E-state index < -0.39 is 0 Å². The van der Waals surface area contributed by atoms with Crippen LogP contribution in [0.5, 0.6) is 17.2 Å². The standard InChI is InChI=1S/C14H12O4/c1-18-10-5-6-11(13(16)7-10)12-4-2-3-9(8-15)14(12)17/h2-8,16-17H,1H3. The topological polar surface area (TPSA) is 66.8 Å². The molecule has 0 unspecified atom stereocenters. The van der Waals surface area contributed by atoms with Crippen molar-refractivity contribution in [2.45, 2.75) is 0 Å². The molecule has 2 aromatic rings. The van der Waals surface area contributed by atoms with E-state index in [1.165, 1.54) is 19.2 Å². The molecule has 0 heterocycles. The van der Waals surface area contributed by atoms with Crippen molar-refractivity contribution in [3.8, 4) is 28.4 Å². The molecule has 0 amide bonds. The molecule has 0 aromatic heterocycles. The predicted octanol–water partition coefficient (Wildman–Crippen LogP) is 2.59. The molecule has 0 aliphatic rings. The van der Waals surface area contributed by atoms with E-state index in [1.807, 2.05) is 0 Å². The number of aromatic hydroxyl groups is 2.